The van der Waals surface area contributed by atoms with Crippen LogP contribution in [0.3, 0.4) is 0 Å². The van der Waals surface area contributed by atoms with E-state index >= 15 is 0 Å². The van der Waals surface area contributed by atoms with E-state index < -0.39 is 0 Å². The van der Waals surface area contributed by atoms with Crippen molar-refractivity contribution in [2.75, 3.05) is 6.61 Å². The summed E-state index contributed by atoms with van der Waals surface area (Å²) >= 11 is 0. The first-order chi connectivity index (χ1) is 9.13. The highest BCUT2D eigenvalue weighted by molar-refractivity contribution is 5.84. The van der Waals surface area contributed by atoms with Crippen LogP contribution in [0, 0.1) is 13.8 Å². The fraction of sp³-hybridized carbons (Fsp3) is 0.312. The van der Waals surface area contributed by atoms with Crippen molar-refractivity contribution in [3.63, 3.8) is 0 Å². The van der Waals surface area contributed by atoms with Gasteiger partial charge in [-0.1, -0.05) is 12.1 Å². The van der Waals surface area contributed by atoms with Gasteiger partial charge in [-0.15, -0.1) is 0 Å². The molecule has 1 heterocycles. The molecule has 1 aromatic heterocycles. The van der Waals surface area contributed by atoms with Crippen LogP contribution in [0.15, 0.2) is 35.3 Å². The summed E-state index contributed by atoms with van der Waals surface area (Å²) in [7, 11) is 2.07. The summed E-state index contributed by atoms with van der Waals surface area (Å²) in [5.41, 5.74) is 4.46. The fourth-order valence-electron chi connectivity index (χ4n) is 2.00. The molecule has 0 unspecified atom stereocenters. The maximum Gasteiger partial charge on any atom is 0.144 e. The third-order valence-electron chi connectivity index (χ3n) is 3.32. The second kappa shape index (κ2) is 5.74. The molecule has 0 saturated heterocycles. The molecule has 0 aliphatic heterocycles. The molecule has 2 aromatic rings. The molecule has 1 aromatic carbocycles. The Bertz CT molecular complexity index is 597. The summed E-state index contributed by atoms with van der Waals surface area (Å²) in [4.78, 5) is 4.55. The third-order valence-corrected chi connectivity index (χ3v) is 3.32. The highest BCUT2D eigenvalue weighted by atomic mass is 16.5. The second-order valence-electron chi connectivity index (χ2n) is 4.54. The number of para-hydroxylation sites is 2. The summed E-state index contributed by atoms with van der Waals surface area (Å²) in [5, 5.41) is 0. The zero-order valence-electron chi connectivity index (χ0n) is 12.0. The number of hydrogen-bond acceptors (Lipinski definition) is 2. The summed E-state index contributed by atoms with van der Waals surface area (Å²) in [6.07, 6.45) is 1.90. The van der Waals surface area contributed by atoms with Crippen LogP contribution in [0.4, 0.5) is 5.69 Å². The largest absolute Gasteiger partial charge is 0.492 e. The first kappa shape index (κ1) is 13.4. The van der Waals surface area contributed by atoms with Crippen LogP contribution in [-0.4, -0.2) is 17.4 Å². The minimum absolute atomic E-state index is 0.649. The first-order valence-corrected chi connectivity index (χ1v) is 6.52. The first-order valence-electron chi connectivity index (χ1n) is 6.52. The van der Waals surface area contributed by atoms with E-state index in [1.807, 2.05) is 37.4 Å². The Morgan fingerprint density at radius 3 is 2.63 bits per heavy atom. The molecule has 0 N–H and O–H groups in total. The molecular weight excluding hydrogens is 236 g/mol. The van der Waals surface area contributed by atoms with Crippen molar-refractivity contribution < 1.29 is 4.74 Å². The van der Waals surface area contributed by atoms with Gasteiger partial charge in [0.05, 0.1) is 6.61 Å². The number of aromatic nitrogens is 1. The van der Waals surface area contributed by atoms with Crippen LogP contribution in [0.5, 0.6) is 5.75 Å². The Hall–Kier alpha value is -2.03. The number of aryl methyl sites for hydroxylation is 1. The summed E-state index contributed by atoms with van der Waals surface area (Å²) in [6.45, 7) is 6.82. The summed E-state index contributed by atoms with van der Waals surface area (Å²) in [5.74, 6) is 0.826. The molecule has 0 atom stereocenters. The number of ether oxygens (including phenoxy) is 1. The van der Waals surface area contributed by atoms with Crippen molar-refractivity contribution in [2.24, 2.45) is 12.0 Å². The summed E-state index contributed by atoms with van der Waals surface area (Å²) in [6, 6.07) is 9.98. The maximum atomic E-state index is 5.57. The quantitative estimate of drug-likeness (QED) is 0.764. The van der Waals surface area contributed by atoms with E-state index in [0.717, 1.165) is 17.0 Å². The van der Waals surface area contributed by atoms with Crippen molar-refractivity contribution in [2.45, 2.75) is 20.8 Å². The fourth-order valence-corrected chi connectivity index (χ4v) is 2.00. The van der Waals surface area contributed by atoms with Crippen molar-refractivity contribution in [1.29, 1.82) is 0 Å². The molecule has 0 aliphatic rings. The standard InChI is InChI=1S/C16H20N2O/c1-5-19-16-9-7-6-8-15(16)17-11-14-10-12(2)18(4)13(14)3/h6-11H,5H2,1-4H3. The van der Waals surface area contributed by atoms with Crippen LogP contribution in [-0.2, 0) is 7.05 Å². The van der Waals surface area contributed by atoms with Gasteiger partial charge in [0, 0.05) is 30.2 Å². The van der Waals surface area contributed by atoms with Gasteiger partial charge >= 0.3 is 0 Å². The van der Waals surface area contributed by atoms with Crippen molar-refractivity contribution in [3.05, 3.63) is 47.3 Å². The van der Waals surface area contributed by atoms with Crippen LogP contribution >= 0.6 is 0 Å². The van der Waals surface area contributed by atoms with E-state index in [2.05, 4.69) is 36.5 Å². The van der Waals surface area contributed by atoms with Gasteiger partial charge in [-0.25, -0.2) is 0 Å². The molecular formula is C16H20N2O. The number of nitrogens with zero attached hydrogens (tertiary/aromatic N) is 2. The van der Waals surface area contributed by atoms with E-state index in [0.29, 0.717) is 6.61 Å². The molecule has 0 spiro atoms. The van der Waals surface area contributed by atoms with E-state index in [1.54, 1.807) is 0 Å². The van der Waals surface area contributed by atoms with Gasteiger partial charge in [0.2, 0.25) is 0 Å². The number of aliphatic imine (C=N–C) groups is 1. The Morgan fingerprint density at radius 1 is 1.26 bits per heavy atom. The molecule has 0 amide bonds. The lowest BCUT2D eigenvalue weighted by Crippen LogP contribution is -1.94. The second-order valence-corrected chi connectivity index (χ2v) is 4.54. The van der Waals surface area contributed by atoms with Crippen LogP contribution < -0.4 is 4.74 Å². The lowest BCUT2D eigenvalue weighted by atomic mass is 10.2. The maximum absolute atomic E-state index is 5.57. The Labute approximate surface area is 114 Å². The molecule has 0 aliphatic carbocycles. The third kappa shape index (κ3) is 2.87. The Morgan fingerprint density at radius 2 is 2.00 bits per heavy atom. The van der Waals surface area contributed by atoms with Gasteiger partial charge in [0.1, 0.15) is 11.4 Å². The molecule has 2 rings (SSSR count). The van der Waals surface area contributed by atoms with Crippen molar-refractivity contribution >= 4 is 11.9 Å². The zero-order chi connectivity index (χ0) is 13.8. The predicted octanol–water partition coefficient (Wildman–Crippen LogP) is 3.79. The molecule has 19 heavy (non-hydrogen) atoms. The van der Waals surface area contributed by atoms with Gasteiger partial charge < -0.3 is 9.30 Å². The topological polar surface area (TPSA) is 26.5 Å². The lowest BCUT2D eigenvalue weighted by Gasteiger charge is -2.05. The van der Waals surface area contributed by atoms with E-state index in [9.17, 15) is 0 Å². The molecule has 3 heteroatoms. The molecule has 0 radical (unpaired) electrons. The van der Waals surface area contributed by atoms with Crippen molar-refractivity contribution in [3.8, 4) is 5.75 Å². The minimum atomic E-state index is 0.649. The smallest absolute Gasteiger partial charge is 0.144 e. The highest BCUT2D eigenvalue weighted by Gasteiger charge is 2.04. The molecule has 3 nitrogen and oxygen atoms in total. The molecule has 100 valence electrons. The summed E-state index contributed by atoms with van der Waals surface area (Å²) < 4.78 is 7.73. The normalized spacial score (nSPS) is 11.2. The van der Waals surface area contributed by atoms with Crippen LogP contribution in [0.25, 0.3) is 0 Å². The Kier molecular flexibility index (Phi) is 4.05. The molecule has 0 saturated carbocycles. The van der Waals surface area contributed by atoms with Gasteiger partial charge in [-0.3, -0.25) is 4.99 Å². The highest BCUT2D eigenvalue weighted by Crippen LogP contribution is 2.26. The monoisotopic (exact) mass is 256 g/mol. The minimum Gasteiger partial charge on any atom is -0.492 e. The zero-order valence-corrected chi connectivity index (χ0v) is 12.0. The average Bonchev–Trinajstić information content (AvgIpc) is 2.66. The van der Waals surface area contributed by atoms with Gasteiger partial charge in [-0.2, -0.15) is 0 Å². The van der Waals surface area contributed by atoms with Gasteiger partial charge in [-0.05, 0) is 39.0 Å². The lowest BCUT2D eigenvalue weighted by molar-refractivity contribution is 0.341. The van der Waals surface area contributed by atoms with Crippen LogP contribution in [0.1, 0.15) is 23.9 Å². The van der Waals surface area contributed by atoms with Gasteiger partial charge in [0.15, 0.2) is 0 Å². The van der Waals surface area contributed by atoms with Crippen LogP contribution in [0.2, 0.25) is 0 Å². The predicted molar refractivity (Wildman–Crippen MR) is 79.8 cm³/mol. The molecule has 0 bridgehead atoms. The number of rotatable bonds is 4. The van der Waals surface area contributed by atoms with E-state index in [4.69, 9.17) is 4.74 Å². The Balaban J connectivity index is 2.30. The van der Waals surface area contributed by atoms with E-state index in [-0.39, 0.29) is 0 Å². The van der Waals surface area contributed by atoms with Gasteiger partial charge in [0.25, 0.3) is 0 Å². The van der Waals surface area contributed by atoms with E-state index in [1.165, 1.54) is 11.4 Å². The SMILES string of the molecule is CCOc1ccccc1N=Cc1cc(C)n(C)c1C. The number of hydrogen-bond donors (Lipinski definition) is 0. The van der Waals surface area contributed by atoms with Crippen molar-refractivity contribution in [1.82, 2.24) is 4.57 Å². The molecule has 0 fully saturated rings. The average molecular weight is 256 g/mol. The number of benzene rings is 1.